The van der Waals surface area contributed by atoms with Gasteiger partial charge in [-0.25, -0.2) is 0 Å². The largest absolute Gasteiger partial charge is 0.199 e. The molecule has 57 valence electrons. The molecule has 1 radical (unpaired) electrons. The summed E-state index contributed by atoms with van der Waals surface area (Å²) in [5.41, 5.74) is 1.07. The maximum atomic E-state index is 3.72. The summed E-state index contributed by atoms with van der Waals surface area (Å²) in [5, 5.41) is 0. The van der Waals surface area contributed by atoms with Crippen molar-refractivity contribution in [2.45, 2.75) is 13.8 Å². The van der Waals surface area contributed by atoms with Gasteiger partial charge in [-0.15, -0.1) is 12.1 Å². The Morgan fingerprint density at radius 2 is 1.40 bits per heavy atom. The van der Waals surface area contributed by atoms with Crippen molar-refractivity contribution in [1.29, 1.82) is 0 Å². The number of hydrogen-bond acceptors (Lipinski definition) is 0. The Morgan fingerprint density at radius 1 is 1.00 bits per heavy atom. The Morgan fingerprint density at radius 3 is 1.60 bits per heavy atom. The van der Waals surface area contributed by atoms with Gasteiger partial charge in [0.15, 0.2) is 0 Å². The maximum Gasteiger partial charge on any atom is 0 e. The quantitative estimate of drug-likeness (QED) is 0.647. The van der Waals surface area contributed by atoms with Crippen molar-refractivity contribution in [1.82, 2.24) is 0 Å². The zero-order valence-corrected chi connectivity index (χ0v) is 9.19. The number of rotatable bonds is 0. The Hall–Kier alpha value is -0.248. The van der Waals surface area contributed by atoms with E-state index in [4.69, 9.17) is 0 Å². The standard InChI is InChI=1S/C7H7.C2H6.Re/c1-7-5-3-2-4-6-7;1-2;/h2-6H,1H2;1-2H3;/q-1;;. The van der Waals surface area contributed by atoms with Gasteiger partial charge in [-0.2, -0.15) is 24.6 Å². The molecule has 0 aliphatic carbocycles. The predicted molar refractivity (Wildman–Crippen MR) is 42.2 cm³/mol. The minimum absolute atomic E-state index is 0. The van der Waals surface area contributed by atoms with Gasteiger partial charge in [0.2, 0.25) is 0 Å². The Bertz CT molecular complexity index is 135. The van der Waals surface area contributed by atoms with Crippen molar-refractivity contribution >= 4 is 0 Å². The molecule has 0 fully saturated rings. The summed E-state index contributed by atoms with van der Waals surface area (Å²) in [4.78, 5) is 0. The maximum absolute atomic E-state index is 3.72. The number of benzene rings is 1. The SMILES string of the molecule is CC.[CH2-]c1ccccc1.[Re]. The van der Waals surface area contributed by atoms with Crippen LogP contribution < -0.4 is 0 Å². The molecule has 1 rings (SSSR count). The Labute approximate surface area is 77.3 Å². The van der Waals surface area contributed by atoms with Crippen LogP contribution in [0.2, 0.25) is 0 Å². The van der Waals surface area contributed by atoms with Gasteiger partial charge in [0.1, 0.15) is 0 Å². The first-order valence-electron chi connectivity index (χ1n) is 3.26. The molecular formula is C9H13Re-. The first-order valence-corrected chi connectivity index (χ1v) is 3.26. The molecule has 0 spiro atoms. The van der Waals surface area contributed by atoms with Crippen molar-refractivity contribution in [3.63, 3.8) is 0 Å². The summed E-state index contributed by atoms with van der Waals surface area (Å²) in [5.74, 6) is 0. The average Bonchev–Trinajstić information content (AvgIpc) is 1.94. The molecule has 0 aliphatic rings. The fraction of sp³-hybridized carbons (Fsp3) is 0.222. The fourth-order valence-electron chi connectivity index (χ4n) is 0.478. The second kappa shape index (κ2) is 8.75. The summed E-state index contributed by atoms with van der Waals surface area (Å²) in [6.45, 7) is 7.72. The van der Waals surface area contributed by atoms with Crippen LogP contribution in [-0.2, 0) is 20.4 Å². The predicted octanol–water partition coefficient (Wildman–Crippen LogP) is 2.89. The first-order chi connectivity index (χ1) is 4.39. The van der Waals surface area contributed by atoms with Crippen LogP contribution in [0, 0.1) is 6.92 Å². The van der Waals surface area contributed by atoms with E-state index < -0.39 is 0 Å². The van der Waals surface area contributed by atoms with E-state index in [9.17, 15) is 0 Å². The third-order valence-electron chi connectivity index (χ3n) is 0.843. The molecule has 0 aromatic heterocycles. The molecule has 0 atom stereocenters. The van der Waals surface area contributed by atoms with Gasteiger partial charge in [0.05, 0.1) is 0 Å². The van der Waals surface area contributed by atoms with E-state index in [1.54, 1.807) is 0 Å². The van der Waals surface area contributed by atoms with E-state index >= 15 is 0 Å². The minimum Gasteiger partial charge on any atom is -0.199 e. The van der Waals surface area contributed by atoms with Gasteiger partial charge in [-0.05, 0) is 0 Å². The second-order valence-electron chi connectivity index (χ2n) is 1.49. The molecule has 0 heterocycles. The molecular weight excluding hydrogens is 294 g/mol. The van der Waals surface area contributed by atoms with Crippen molar-refractivity contribution in [3.8, 4) is 0 Å². The van der Waals surface area contributed by atoms with E-state index in [2.05, 4.69) is 6.92 Å². The molecule has 0 unspecified atom stereocenters. The van der Waals surface area contributed by atoms with E-state index in [1.165, 1.54) is 0 Å². The second-order valence-corrected chi connectivity index (χ2v) is 1.49. The van der Waals surface area contributed by atoms with Gasteiger partial charge in [0.25, 0.3) is 0 Å². The number of hydrogen-bond donors (Lipinski definition) is 0. The van der Waals surface area contributed by atoms with E-state index in [0.29, 0.717) is 0 Å². The molecule has 0 N–H and O–H groups in total. The molecule has 0 nitrogen and oxygen atoms in total. The summed E-state index contributed by atoms with van der Waals surface area (Å²) < 4.78 is 0. The molecule has 1 aromatic rings. The normalized spacial score (nSPS) is 6.60. The molecule has 0 saturated heterocycles. The van der Waals surface area contributed by atoms with Gasteiger partial charge in [-0.1, -0.05) is 19.9 Å². The van der Waals surface area contributed by atoms with Gasteiger partial charge in [-0.3, -0.25) is 0 Å². The van der Waals surface area contributed by atoms with Crippen molar-refractivity contribution < 1.29 is 20.4 Å². The van der Waals surface area contributed by atoms with Crippen LogP contribution in [0.5, 0.6) is 0 Å². The molecule has 0 saturated carbocycles. The van der Waals surface area contributed by atoms with Crippen molar-refractivity contribution in [3.05, 3.63) is 42.8 Å². The molecule has 1 heteroatoms. The molecule has 0 bridgehead atoms. The fourth-order valence-corrected chi connectivity index (χ4v) is 0.478. The van der Waals surface area contributed by atoms with E-state index in [-0.39, 0.29) is 20.4 Å². The van der Waals surface area contributed by atoms with Gasteiger partial charge < -0.3 is 0 Å². The molecule has 1 aromatic carbocycles. The summed E-state index contributed by atoms with van der Waals surface area (Å²) >= 11 is 0. The van der Waals surface area contributed by atoms with Crippen LogP contribution in [0.4, 0.5) is 0 Å². The van der Waals surface area contributed by atoms with Crippen LogP contribution in [0.3, 0.4) is 0 Å². The van der Waals surface area contributed by atoms with Crippen LogP contribution in [-0.4, -0.2) is 0 Å². The summed E-state index contributed by atoms with van der Waals surface area (Å²) in [6.07, 6.45) is 0. The monoisotopic (exact) mass is 308 g/mol. The van der Waals surface area contributed by atoms with Crippen molar-refractivity contribution in [2.75, 3.05) is 0 Å². The van der Waals surface area contributed by atoms with Crippen molar-refractivity contribution in [2.24, 2.45) is 0 Å². The smallest absolute Gasteiger partial charge is 0 e. The molecule has 10 heavy (non-hydrogen) atoms. The van der Waals surface area contributed by atoms with Crippen LogP contribution in [0.1, 0.15) is 19.4 Å². The first kappa shape index (κ1) is 12.4. The van der Waals surface area contributed by atoms with Crippen LogP contribution in [0.25, 0.3) is 0 Å². The van der Waals surface area contributed by atoms with E-state index in [1.807, 2.05) is 44.2 Å². The topological polar surface area (TPSA) is 0 Å². The zero-order valence-electron chi connectivity index (χ0n) is 6.47. The van der Waals surface area contributed by atoms with Gasteiger partial charge >= 0.3 is 0 Å². The van der Waals surface area contributed by atoms with Gasteiger partial charge in [0, 0.05) is 20.4 Å². The van der Waals surface area contributed by atoms with Crippen LogP contribution in [0.15, 0.2) is 30.3 Å². The Kier molecular flexibility index (Phi) is 10.9. The van der Waals surface area contributed by atoms with Crippen LogP contribution >= 0.6 is 0 Å². The van der Waals surface area contributed by atoms with E-state index in [0.717, 1.165) is 5.56 Å². The Balaban J connectivity index is 0. The third kappa shape index (κ3) is 5.88. The molecule has 0 aliphatic heterocycles. The average molecular weight is 307 g/mol. The molecule has 0 amide bonds. The zero-order chi connectivity index (χ0) is 7.11. The third-order valence-corrected chi connectivity index (χ3v) is 0.843. The summed E-state index contributed by atoms with van der Waals surface area (Å²) in [6, 6.07) is 9.87. The summed E-state index contributed by atoms with van der Waals surface area (Å²) in [7, 11) is 0. The minimum atomic E-state index is 0.